The summed E-state index contributed by atoms with van der Waals surface area (Å²) in [6.07, 6.45) is 7.91. The number of rotatable bonds is 0. The van der Waals surface area contributed by atoms with Crippen LogP contribution in [0.4, 0.5) is 0 Å². The van der Waals surface area contributed by atoms with E-state index in [1.165, 1.54) is 11.1 Å². The van der Waals surface area contributed by atoms with Crippen molar-refractivity contribution >= 4 is 0 Å². The molecule has 0 fully saturated rings. The van der Waals surface area contributed by atoms with Gasteiger partial charge in [-0.3, -0.25) is 0 Å². The lowest BCUT2D eigenvalue weighted by molar-refractivity contribution is 0.731. The third kappa shape index (κ3) is 1.65. The van der Waals surface area contributed by atoms with Crippen LogP contribution in [0, 0.1) is 16.7 Å². The van der Waals surface area contributed by atoms with E-state index in [1.807, 2.05) is 38.2 Å². The molecule has 1 unspecified atom stereocenters. The van der Waals surface area contributed by atoms with E-state index in [0.29, 0.717) is 0 Å². The largest absolute Gasteiger partial charge is 0.197 e. The molecular formula is C11H13N. The first-order valence-electron chi connectivity index (χ1n) is 4.04. The molecule has 1 rings (SSSR count). The van der Waals surface area contributed by atoms with Gasteiger partial charge in [0, 0.05) is 0 Å². The molecule has 0 bridgehead atoms. The van der Waals surface area contributed by atoms with Crippen LogP contribution >= 0.6 is 0 Å². The monoisotopic (exact) mass is 159 g/mol. The second-order valence-electron chi connectivity index (χ2n) is 3.43. The van der Waals surface area contributed by atoms with E-state index in [9.17, 15) is 0 Å². The third-order valence-corrected chi connectivity index (χ3v) is 2.17. The van der Waals surface area contributed by atoms with Gasteiger partial charge in [0.05, 0.1) is 11.5 Å². The number of hydrogen-bond donors (Lipinski definition) is 0. The van der Waals surface area contributed by atoms with E-state index in [-0.39, 0.29) is 0 Å². The van der Waals surface area contributed by atoms with Gasteiger partial charge in [-0.1, -0.05) is 29.9 Å². The molecule has 0 aromatic carbocycles. The van der Waals surface area contributed by atoms with Gasteiger partial charge in [-0.15, -0.1) is 0 Å². The summed E-state index contributed by atoms with van der Waals surface area (Å²) in [4.78, 5) is 0. The maximum atomic E-state index is 8.91. The van der Waals surface area contributed by atoms with Crippen LogP contribution in [0.15, 0.2) is 35.5 Å². The van der Waals surface area contributed by atoms with Gasteiger partial charge >= 0.3 is 0 Å². The fraction of sp³-hybridized carbons (Fsp3) is 0.364. The van der Waals surface area contributed by atoms with Gasteiger partial charge < -0.3 is 0 Å². The first-order valence-corrected chi connectivity index (χ1v) is 4.04. The van der Waals surface area contributed by atoms with Crippen molar-refractivity contribution in [1.82, 2.24) is 0 Å². The molecule has 0 aliphatic heterocycles. The van der Waals surface area contributed by atoms with E-state index >= 15 is 0 Å². The Morgan fingerprint density at radius 3 is 2.58 bits per heavy atom. The first kappa shape index (κ1) is 8.80. The highest BCUT2D eigenvalue weighted by Crippen LogP contribution is 2.26. The molecule has 0 saturated heterocycles. The van der Waals surface area contributed by atoms with Gasteiger partial charge in [0.1, 0.15) is 0 Å². The zero-order valence-corrected chi connectivity index (χ0v) is 7.76. The van der Waals surface area contributed by atoms with Crippen LogP contribution in [-0.4, -0.2) is 0 Å². The van der Waals surface area contributed by atoms with Crippen molar-refractivity contribution in [3.05, 3.63) is 35.5 Å². The highest BCUT2D eigenvalue weighted by Gasteiger charge is 2.18. The minimum Gasteiger partial charge on any atom is -0.197 e. The lowest BCUT2D eigenvalue weighted by Gasteiger charge is -2.11. The summed E-state index contributed by atoms with van der Waals surface area (Å²) in [5.74, 6) is 0. The van der Waals surface area contributed by atoms with Crippen molar-refractivity contribution in [2.24, 2.45) is 5.41 Å². The Bertz CT molecular complexity index is 312. The lowest BCUT2D eigenvalue weighted by Crippen LogP contribution is -2.05. The molecule has 0 spiro atoms. The zero-order chi connectivity index (χ0) is 9.19. The average Bonchev–Trinajstić information content (AvgIpc) is 2.14. The minimum absolute atomic E-state index is 0.432. The molecule has 1 aliphatic carbocycles. The molecule has 1 nitrogen and oxygen atoms in total. The van der Waals surface area contributed by atoms with Gasteiger partial charge in [0.15, 0.2) is 0 Å². The Labute approximate surface area is 73.7 Å². The van der Waals surface area contributed by atoms with Gasteiger partial charge in [0.25, 0.3) is 0 Å². The SMILES string of the molecule is CC1=CC=CC(C)(C#N)C=C1C. The fourth-order valence-electron chi connectivity index (χ4n) is 1.21. The van der Waals surface area contributed by atoms with Gasteiger partial charge in [-0.25, -0.2) is 0 Å². The summed E-state index contributed by atoms with van der Waals surface area (Å²) in [5.41, 5.74) is 1.98. The second-order valence-corrected chi connectivity index (χ2v) is 3.43. The second kappa shape index (κ2) is 2.98. The predicted molar refractivity (Wildman–Crippen MR) is 50.4 cm³/mol. The number of allylic oxidation sites excluding steroid dienone is 6. The Kier molecular flexibility index (Phi) is 2.19. The fourth-order valence-corrected chi connectivity index (χ4v) is 1.21. The number of nitrogens with zero attached hydrogens (tertiary/aromatic N) is 1. The van der Waals surface area contributed by atoms with Crippen LogP contribution in [0.1, 0.15) is 20.8 Å². The normalized spacial score (nSPS) is 28.5. The standard InChI is InChI=1S/C11H13N/c1-9-5-4-6-11(3,8-12)7-10(9)2/h4-7H,1-3H3. The Balaban J connectivity index is 3.13. The van der Waals surface area contributed by atoms with Gasteiger partial charge in [-0.05, 0) is 26.3 Å². The molecule has 0 saturated carbocycles. The molecule has 0 heterocycles. The van der Waals surface area contributed by atoms with Crippen LogP contribution < -0.4 is 0 Å². The van der Waals surface area contributed by atoms with Gasteiger partial charge in [-0.2, -0.15) is 5.26 Å². The topological polar surface area (TPSA) is 23.8 Å². The Hall–Kier alpha value is -1.29. The van der Waals surface area contributed by atoms with Crippen molar-refractivity contribution in [3.8, 4) is 6.07 Å². The molecule has 0 amide bonds. The molecule has 1 aliphatic rings. The zero-order valence-electron chi connectivity index (χ0n) is 7.76. The molecule has 1 heteroatoms. The van der Waals surface area contributed by atoms with Crippen molar-refractivity contribution in [2.45, 2.75) is 20.8 Å². The molecule has 0 radical (unpaired) electrons. The Morgan fingerprint density at radius 2 is 2.00 bits per heavy atom. The number of nitriles is 1. The Morgan fingerprint density at radius 1 is 1.33 bits per heavy atom. The lowest BCUT2D eigenvalue weighted by atomic mass is 9.90. The smallest absolute Gasteiger partial charge is 0.0914 e. The van der Waals surface area contributed by atoms with E-state index < -0.39 is 5.41 Å². The summed E-state index contributed by atoms with van der Waals surface area (Å²) in [5, 5.41) is 8.91. The van der Waals surface area contributed by atoms with Crippen LogP contribution in [0.3, 0.4) is 0 Å². The highest BCUT2D eigenvalue weighted by molar-refractivity contribution is 5.39. The van der Waals surface area contributed by atoms with Gasteiger partial charge in [0.2, 0.25) is 0 Å². The third-order valence-electron chi connectivity index (χ3n) is 2.17. The molecule has 0 N–H and O–H groups in total. The van der Waals surface area contributed by atoms with Crippen molar-refractivity contribution in [2.75, 3.05) is 0 Å². The van der Waals surface area contributed by atoms with E-state index in [4.69, 9.17) is 5.26 Å². The van der Waals surface area contributed by atoms with Crippen LogP contribution in [0.5, 0.6) is 0 Å². The van der Waals surface area contributed by atoms with E-state index in [0.717, 1.165) is 0 Å². The summed E-state index contributed by atoms with van der Waals surface area (Å²) in [6, 6.07) is 2.27. The summed E-state index contributed by atoms with van der Waals surface area (Å²) >= 11 is 0. The highest BCUT2D eigenvalue weighted by atomic mass is 14.3. The first-order chi connectivity index (χ1) is 5.57. The number of hydrogen-bond acceptors (Lipinski definition) is 1. The quantitative estimate of drug-likeness (QED) is 0.533. The minimum atomic E-state index is -0.432. The van der Waals surface area contributed by atoms with Crippen molar-refractivity contribution in [3.63, 3.8) is 0 Å². The molecular weight excluding hydrogens is 146 g/mol. The molecule has 12 heavy (non-hydrogen) atoms. The molecule has 62 valence electrons. The summed E-state index contributed by atoms with van der Waals surface area (Å²) in [6.45, 7) is 6.01. The summed E-state index contributed by atoms with van der Waals surface area (Å²) < 4.78 is 0. The molecule has 0 aromatic heterocycles. The van der Waals surface area contributed by atoms with E-state index in [1.54, 1.807) is 0 Å². The maximum absolute atomic E-state index is 8.91. The van der Waals surface area contributed by atoms with Crippen LogP contribution in [0.25, 0.3) is 0 Å². The van der Waals surface area contributed by atoms with Crippen molar-refractivity contribution < 1.29 is 0 Å². The van der Waals surface area contributed by atoms with Crippen LogP contribution in [0.2, 0.25) is 0 Å². The van der Waals surface area contributed by atoms with Crippen LogP contribution in [-0.2, 0) is 0 Å². The maximum Gasteiger partial charge on any atom is 0.0914 e. The summed E-state index contributed by atoms with van der Waals surface area (Å²) in [7, 11) is 0. The molecule has 0 aromatic rings. The predicted octanol–water partition coefficient (Wildman–Crippen LogP) is 2.98. The van der Waals surface area contributed by atoms with E-state index in [2.05, 4.69) is 13.0 Å². The average molecular weight is 159 g/mol. The van der Waals surface area contributed by atoms with Crippen molar-refractivity contribution in [1.29, 1.82) is 5.26 Å². The molecule has 1 atom stereocenters.